The molecule has 0 spiro atoms. The molecule has 166 valence electrons. The fourth-order valence-electron chi connectivity index (χ4n) is 3.57. The number of nitrogens with zero attached hydrogens (tertiary/aromatic N) is 4. The first-order valence-electron chi connectivity index (χ1n) is 9.98. The zero-order valence-electron chi connectivity index (χ0n) is 17.1. The molecular formula is C22H17N5O5S. The Hall–Kier alpha value is -4.25. The highest BCUT2D eigenvalue weighted by atomic mass is 32.1. The van der Waals surface area contributed by atoms with Gasteiger partial charge >= 0.3 is 5.69 Å². The van der Waals surface area contributed by atoms with Crippen LogP contribution in [0.15, 0.2) is 79.1 Å². The molecule has 33 heavy (non-hydrogen) atoms. The third kappa shape index (κ3) is 3.89. The zero-order valence-corrected chi connectivity index (χ0v) is 17.9. The van der Waals surface area contributed by atoms with Crippen molar-refractivity contribution in [3.8, 4) is 0 Å². The molecule has 0 radical (unpaired) electrons. The molecule has 10 nitrogen and oxygen atoms in total. The van der Waals surface area contributed by atoms with Crippen LogP contribution in [0, 0.1) is 0 Å². The largest absolute Gasteiger partial charge is 0.467 e. The second-order valence-corrected chi connectivity index (χ2v) is 8.18. The SMILES string of the molecule is O=C(Cn1c(=O)c2sccc2n(Cc2cc(=O)n3ccccc3n2)c1=O)NCc1ccco1. The van der Waals surface area contributed by atoms with Crippen molar-refractivity contribution >= 4 is 33.1 Å². The molecule has 0 aliphatic rings. The van der Waals surface area contributed by atoms with E-state index < -0.39 is 23.7 Å². The topological polar surface area (TPSA) is 121 Å². The summed E-state index contributed by atoms with van der Waals surface area (Å²) in [6, 6.07) is 11.6. The molecule has 1 amide bonds. The highest BCUT2D eigenvalue weighted by Crippen LogP contribution is 2.16. The first kappa shape index (κ1) is 20.6. The molecule has 0 aliphatic heterocycles. The maximum absolute atomic E-state index is 13.2. The van der Waals surface area contributed by atoms with Crippen LogP contribution in [0.25, 0.3) is 15.9 Å². The van der Waals surface area contributed by atoms with Gasteiger partial charge in [-0.1, -0.05) is 6.07 Å². The average Bonchev–Trinajstić information content (AvgIpc) is 3.51. The summed E-state index contributed by atoms with van der Waals surface area (Å²) >= 11 is 1.18. The predicted octanol–water partition coefficient (Wildman–Crippen LogP) is 1.19. The van der Waals surface area contributed by atoms with Crippen LogP contribution < -0.4 is 22.1 Å². The number of carbonyl (C=O) groups excluding carboxylic acids is 1. The van der Waals surface area contributed by atoms with Crippen LogP contribution in [-0.2, 0) is 24.4 Å². The lowest BCUT2D eigenvalue weighted by atomic mass is 10.3. The Labute approximate surface area is 189 Å². The minimum absolute atomic E-state index is 0.0268. The van der Waals surface area contributed by atoms with Gasteiger partial charge in [0, 0.05) is 12.3 Å². The van der Waals surface area contributed by atoms with Gasteiger partial charge in [0.15, 0.2) is 0 Å². The molecule has 0 aliphatic carbocycles. The van der Waals surface area contributed by atoms with Gasteiger partial charge in [-0.2, -0.15) is 0 Å². The third-order valence-corrected chi connectivity index (χ3v) is 6.01. The molecule has 5 aromatic rings. The van der Waals surface area contributed by atoms with Crippen molar-refractivity contribution in [2.45, 2.75) is 19.6 Å². The van der Waals surface area contributed by atoms with E-state index in [9.17, 15) is 19.2 Å². The number of pyridine rings is 1. The molecule has 0 saturated heterocycles. The fourth-order valence-corrected chi connectivity index (χ4v) is 4.41. The molecule has 0 bridgehead atoms. The van der Waals surface area contributed by atoms with Crippen molar-refractivity contribution in [3.05, 3.63) is 103 Å². The molecule has 11 heteroatoms. The summed E-state index contributed by atoms with van der Waals surface area (Å²) in [7, 11) is 0. The molecule has 5 rings (SSSR count). The molecule has 5 heterocycles. The van der Waals surface area contributed by atoms with E-state index in [0.717, 1.165) is 4.57 Å². The Morgan fingerprint density at radius 1 is 1.09 bits per heavy atom. The summed E-state index contributed by atoms with van der Waals surface area (Å²) in [4.78, 5) is 55.5. The number of hydrogen-bond donors (Lipinski definition) is 1. The van der Waals surface area contributed by atoms with E-state index in [0.29, 0.717) is 27.3 Å². The van der Waals surface area contributed by atoms with Crippen LogP contribution in [0.3, 0.4) is 0 Å². The van der Waals surface area contributed by atoms with Crippen molar-refractivity contribution in [2.75, 3.05) is 0 Å². The lowest BCUT2D eigenvalue weighted by Gasteiger charge is -2.12. The van der Waals surface area contributed by atoms with E-state index in [-0.39, 0.29) is 18.6 Å². The number of fused-ring (bicyclic) bond motifs is 2. The zero-order chi connectivity index (χ0) is 22.9. The summed E-state index contributed by atoms with van der Waals surface area (Å²) in [5, 5.41) is 4.33. The Morgan fingerprint density at radius 3 is 2.79 bits per heavy atom. The Bertz CT molecular complexity index is 1660. The predicted molar refractivity (Wildman–Crippen MR) is 121 cm³/mol. The summed E-state index contributed by atoms with van der Waals surface area (Å²) in [5.74, 6) is 0.0469. The van der Waals surface area contributed by atoms with Gasteiger partial charge in [-0.3, -0.25) is 23.4 Å². The second kappa shape index (κ2) is 8.36. The first-order chi connectivity index (χ1) is 16.0. The van der Waals surface area contributed by atoms with Crippen LogP contribution in [0.4, 0.5) is 0 Å². The first-order valence-corrected chi connectivity index (χ1v) is 10.9. The number of nitrogens with one attached hydrogen (secondary N) is 1. The van der Waals surface area contributed by atoms with Crippen LogP contribution in [-0.4, -0.2) is 24.4 Å². The Morgan fingerprint density at radius 2 is 1.97 bits per heavy atom. The summed E-state index contributed by atoms with van der Waals surface area (Å²) in [5.41, 5.74) is -0.239. The second-order valence-electron chi connectivity index (χ2n) is 7.27. The maximum atomic E-state index is 13.2. The molecular weight excluding hydrogens is 446 g/mol. The summed E-state index contributed by atoms with van der Waals surface area (Å²) < 4.78 is 9.16. The molecule has 5 aromatic heterocycles. The van der Waals surface area contributed by atoms with Crippen molar-refractivity contribution in [1.29, 1.82) is 0 Å². The molecule has 0 atom stereocenters. The van der Waals surface area contributed by atoms with Gasteiger partial charge in [0.25, 0.3) is 11.1 Å². The van der Waals surface area contributed by atoms with Crippen molar-refractivity contribution in [3.63, 3.8) is 0 Å². The van der Waals surface area contributed by atoms with Crippen molar-refractivity contribution in [2.24, 2.45) is 0 Å². The van der Waals surface area contributed by atoms with Gasteiger partial charge in [-0.25, -0.2) is 14.3 Å². The highest BCUT2D eigenvalue weighted by molar-refractivity contribution is 7.17. The number of carbonyl (C=O) groups is 1. The van der Waals surface area contributed by atoms with Gasteiger partial charge < -0.3 is 9.73 Å². The maximum Gasteiger partial charge on any atom is 0.332 e. The van der Waals surface area contributed by atoms with E-state index in [1.165, 1.54) is 32.6 Å². The highest BCUT2D eigenvalue weighted by Gasteiger charge is 2.17. The molecule has 0 saturated carbocycles. The lowest BCUT2D eigenvalue weighted by Crippen LogP contribution is -2.43. The molecule has 0 unspecified atom stereocenters. The van der Waals surface area contributed by atoms with Crippen LogP contribution in [0.5, 0.6) is 0 Å². The molecule has 0 fully saturated rings. The van der Waals surface area contributed by atoms with E-state index in [1.54, 1.807) is 48.0 Å². The van der Waals surface area contributed by atoms with Crippen molar-refractivity contribution < 1.29 is 9.21 Å². The fraction of sp³-hybridized carbons (Fsp3) is 0.136. The van der Waals surface area contributed by atoms with Gasteiger partial charge in [0.1, 0.15) is 22.7 Å². The van der Waals surface area contributed by atoms with Gasteiger partial charge in [-0.15, -0.1) is 11.3 Å². The lowest BCUT2D eigenvalue weighted by molar-refractivity contribution is -0.122. The number of aromatic nitrogens is 4. The van der Waals surface area contributed by atoms with Crippen molar-refractivity contribution in [1.82, 2.24) is 23.8 Å². The van der Waals surface area contributed by atoms with Crippen LogP contribution >= 0.6 is 11.3 Å². The van der Waals surface area contributed by atoms with E-state index in [1.807, 2.05) is 0 Å². The van der Waals surface area contributed by atoms with Gasteiger partial charge in [0.05, 0.1) is 30.6 Å². The molecule has 1 N–H and O–H groups in total. The van der Waals surface area contributed by atoms with Gasteiger partial charge in [-0.05, 0) is 35.7 Å². The minimum Gasteiger partial charge on any atom is -0.467 e. The van der Waals surface area contributed by atoms with Crippen LogP contribution in [0.1, 0.15) is 11.5 Å². The number of hydrogen-bond acceptors (Lipinski definition) is 7. The summed E-state index contributed by atoms with van der Waals surface area (Å²) in [6.07, 6.45) is 3.10. The third-order valence-electron chi connectivity index (χ3n) is 5.12. The summed E-state index contributed by atoms with van der Waals surface area (Å²) in [6.45, 7) is -0.331. The Kier molecular flexibility index (Phi) is 5.23. The van der Waals surface area contributed by atoms with E-state index in [2.05, 4.69) is 10.3 Å². The smallest absolute Gasteiger partial charge is 0.332 e. The number of amides is 1. The van der Waals surface area contributed by atoms with E-state index in [4.69, 9.17) is 4.42 Å². The Balaban J connectivity index is 1.52. The monoisotopic (exact) mass is 463 g/mol. The molecule has 0 aromatic carbocycles. The number of furan rings is 1. The number of rotatable bonds is 6. The number of thiophene rings is 1. The minimum atomic E-state index is -0.658. The standard InChI is InChI=1S/C22H17N5O5S/c28-18(23-11-15-4-3-8-32-15)13-27-21(30)20-16(6-9-33-20)26(22(27)31)12-14-10-19(29)25-7-2-1-5-17(25)24-14/h1-10H,11-13H2,(H,23,28). The quantitative estimate of drug-likeness (QED) is 0.404. The normalized spacial score (nSPS) is 11.3. The van der Waals surface area contributed by atoms with Crippen LogP contribution in [0.2, 0.25) is 0 Å². The average molecular weight is 463 g/mol. The van der Waals surface area contributed by atoms with Gasteiger partial charge in [0.2, 0.25) is 5.91 Å². The van der Waals surface area contributed by atoms with E-state index >= 15 is 0 Å².